The van der Waals surface area contributed by atoms with Crippen molar-refractivity contribution in [3.8, 4) is 5.75 Å². The summed E-state index contributed by atoms with van der Waals surface area (Å²) in [6.07, 6.45) is -0.343. The summed E-state index contributed by atoms with van der Waals surface area (Å²) in [6, 6.07) is 7.44. The molecule has 1 atom stereocenters. The maximum atomic E-state index is 12.6. The van der Waals surface area contributed by atoms with Crippen molar-refractivity contribution in [2.45, 2.75) is 46.6 Å². The van der Waals surface area contributed by atoms with Gasteiger partial charge in [-0.3, -0.25) is 14.4 Å². The van der Waals surface area contributed by atoms with Crippen LogP contribution in [0.15, 0.2) is 24.3 Å². The number of carbonyl (C=O) groups excluding carboxylic acids is 3. The van der Waals surface area contributed by atoms with E-state index in [9.17, 15) is 14.4 Å². The lowest BCUT2D eigenvalue weighted by Crippen LogP contribution is -2.25. The zero-order valence-corrected chi connectivity index (χ0v) is 16.3. The van der Waals surface area contributed by atoms with Crippen molar-refractivity contribution in [1.82, 2.24) is 4.98 Å². The van der Waals surface area contributed by atoms with Crippen molar-refractivity contribution in [2.24, 2.45) is 0 Å². The maximum absolute atomic E-state index is 12.6. The van der Waals surface area contributed by atoms with Crippen LogP contribution < -0.4 is 4.74 Å². The fourth-order valence-electron chi connectivity index (χ4n) is 3.18. The molecule has 0 spiro atoms. The van der Waals surface area contributed by atoms with Gasteiger partial charge in [-0.05, 0) is 51.3 Å². The number of aromatic nitrogens is 1. The fraction of sp³-hybridized carbons (Fsp3) is 0.381. The van der Waals surface area contributed by atoms with Gasteiger partial charge in [-0.15, -0.1) is 0 Å². The molecule has 0 aliphatic carbocycles. The van der Waals surface area contributed by atoms with Gasteiger partial charge >= 0.3 is 5.97 Å². The summed E-state index contributed by atoms with van der Waals surface area (Å²) in [5.74, 6) is -0.214. The highest BCUT2D eigenvalue weighted by Crippen LogP contribution is 2.21. The Bertz CT molecular complexity index is 865. The zero-order chi connectivity index (χ0) is 20.1. The number of esters is 1. The molecule has 0 radical (unpaired) electrons. The molecule has 0 unspecified atom stereocenters. The van der Waals surface area contributed by atoms with Crippen molar-refractivity contribution >= 4 is 17.5 Å². The van der Waals surface area contributed by atoms with Gasteiger partial charge in [0.25, 0.3) is 0 Å². The molecule has 2 aromatic rings. The lowest BCUT2D eigenvalue weighted by Gasteiger charge is -2.13. The maximum Gasteiger partial charge on any atom is 0.306 e. The third-order valence-electron chi connectivity index (χ3n) is 4.50. The summed E-state index contributed by atoms with van der Waals surface area (Å²) in [4.78, 5) is 39.4. The zero-order valence-electron chi connectivity index (χ0n) is 16.3. The number of nitrogens with one attached hydrogen (secondary N) is 1. The minimum Gasteiger partial charge on any atom is -0.496 e. The van der Waals surface area contributed by atoms with Gasteiger partial charge in [0, 0.05) is 17.7 Å². The van der Waals surface area contributed by atoms with Crippen molar-refractivity contribution in [3.05, 3.63) is 52.3 Å². The molecule has 6 heteroatoms. The van der Waals surface area contributed by atoms with E-state index in [0.717, 1.165) is 5.56 Å². The van der Waals surface area contributed by atoms with Gasteiger partial charge in [0.1, 0.15) is 5.75 Å². The highest BCUT2D eigenvalue weighted by atomic mass is 16.5. The number of para-hydroxylation sites is 1. The second kappa shape index (κ2) is 8.66. The molecule has 27 heavy (non-hydrogen) atoms. The Morgan fingerprint density at radius 3 is 2.41 bits per heavy atom. The lowest BCUT2D eigenvalue weighted by molar-refractivity contribution is -0.146. The van der Waals surface area contributed by atoms with Crippen LogP contribution in [-0.4, -0.2) is 35.7 Å². The second-order valence-corrected chi connectivity index (χ2v) is 6.49. The molecule has 6 nitrogen and oxygen atoms in total. The molecule has 1 heterocycles. The van der Waals surface area contributed by atoms with Crippen LogP contribution in [0.3, 0.4) is 0 Å². The van der Waals surface area contributed by atoms with E-state index in [1.54, 1.807) is 21.0 Å². The number of rotatable bonds is 8. The first kappa shape index (κ1) is 20.4. The monoisotopic (exact) mass is 371 g/mol. The van der Waals surface area contributed by atoms with Gasteiger partial charge in [0.15, 0.2) is 11.9 Å². The molecule has 144 valence electrons. The number of hydrogen-bond donors (Lipinski definition) is 1. The number of aromatic amines is 1. The van der Waals surface area contributed by atoms with Crippen molar-refractivity contribution < 1.29 is 23.9 Å². The number of methoxy groups -OCH3 is 1. The van der Waals surface area contributed by atoms with Crippen molar-refractivity contribution in [2.75, 3.05) is 7.11 Å². The molecule has 0 aliphatic rings. The Hall–Kier alpha value is -2.89. The van der Waals surface area contributed by atoms with E-state index in [0.29, 0.717) is 34.7 Å². The van der Waals surface area contributed by atoms with Crippen LogP contribution in [0.1, 0.15) is 57.9 Å². The van der Waals surface area contributed by atoms with Gasteiger partial charge in [-0.25, -0.2) is 0 Å². The van der Waals surface area contributed by atoms with E-state index in [2.05, 4.69) is 4.98 Å². The first-order chi connectivity index (χ1) is 12.8. The quantitative estimate of drug-likeness (QED) is 0.566. The first-order valence-corrected chi connectivity index (χ1v) is 8.82. The van der Waals surface area contributed by atoms with Gasteiger partial charge in [-0.2, -0.15) is 0 Å². The summed E-state index contributed by atoms with van der Waals surface area (Å²) in [5, 5.41) is 0. The third kappa shape index (κ3) is 4.64. The number of aryl methyl sites for hydroxylation is 2. The predicted octanol–water partition coefficient (Wildman–Crippen LogP) is 3.59. The molecule has 1 N–H and O–H groups in total. The average Bonchev–Trinajstić information content (AvgIpc) is 2.93. The van der Waals surface area contributed by atoms with Crippen molar-refractivity contribution in [1.29, 1.82) is 0 Å². The number of Topliss-reactive ketones (excluding diaryl/α,β-unsaturated/α-hetero) is 2. The molecule has 1 aromatic heterocycles. The first-order valence-electron chi connectivity index (χ1n) is 8.82. The number of hydrogen-bond acceptors (Lipinski definition) is 5. The summed E-state index contributed by atoms with van der Waals surface area (Å²) in [7, 11) is 1.58. The van der Waals surface area contributed by atoms with Crippen LogP contribution in [0.2, 0.25) is 0 Å². The van der Waals surface area contributed by atoms with E-state index in [-0.39, 0.29) is 18.0 Å². The lowest BCUT2D eigenvalue weighted by atomic mass is 10.0. The number of ether oxygens (including phenoxy) is 2. The molecule has 0 aliphatic heterocycles. The number of H-pyrrole nitrogens is 1. The van der Waals surface area contributed by atoms with E-state index in [1.165, 1.54) is 13.8 Å². The van der Waals surface area contributed by atoms with Gasteiger partial charge < -0.3 is 14.5 Å². The van der Waals surface area contributed by atoms with Crippen molar-refractivity contribution in [3.63, 3.8) is 0 Å². The summed E-state index contributed by atoms with van der Waals surface area (Å²) in [5.41, 5.74) is 2.94. The van der Waals surface area contributed by atoms with Crippen LogP contribution in [0, 0.1) is 13.8 Å². The minimum atomic E-state index is -0.938. The summed E-state index contributed by atoms with van der Waals surface area (Å²) in [6.45, 7) is 6.44. The van der Waals surface area contributed by atoms with E-state index < -0.39 is 12.1 Å². The molecule has 2 rings (SSSR count). The Kier molecular flexibility index (Phi) is 6.55. The van der Waals surface area contributed by atoms with E-state index in [4.69, 9.17) is 9.47 Å². The average molecular weight is 371 g/mol. The summed E-state index contributed by atoms with van der Waals surface area (Å²) < 4.78 is 10.6. The Balaban J connectivity index is 2.01. The number of ketones is 2. The number of carbonyl (C=O) groups is 3. The summed E-state index contributed by atoms with van der Waals surface area (Å²) >= 11 is 0. The smallest absolute Gasteiger partial charge is 0.306 e. The van der Waals surface area contributed by atoms with Crippen LogP contribution in [0.25, 0.3) is 0 Å². The largest absolute Gasteiger partial charge is 0.496 e. The molecule has 0 saturated heterocycles. The van der Waals surface area contributed by atoms with E-state index >= 15 is 0 Å². The molecular formula is C21H25NO5. The molecule has 0 amide bonds. The normalized spacial score (nSPS) is 11.7. The molecule has 0 bridgehead atoms. The third-order valence-corrected chi connectivity index (χ3v) is 4.50. The van der Waals surface area contributed by atoms with Crippen LogP contribution >= 0.6 is 0 Å². The molecule has 0 saturated carbocycles. The molecular weight excluding hydrogens is 346 g/mol. The van der Waals surface area contributed by atoms with Gasteiger partial charge in [0.05, 0.1) is 12.8 Å². The van der Waals surface area contributed by atoms with E-state index in [1.807, 2.05) is 24.3 Å². The topological polar surface area (TPSA) is 85.5 Å². The Labute approximate surface area is 158 Å². The van der Waals surface area contributed by atoms with Crippen LogP contribution in [0.5, 0.6) is 5.75 Å². The van der Waals surface area contributed by atoms with Crippen LogP contribution in [0.4, 0.5) is 0 Å². The predicted molar refractivity (Wildman–Crippen MR) is 101 cm³/mol. The van der Waals surface area contributed by atoms with Gasteiger partial charge in [-0.1, -0.05) is 18.2 Å². The molecule has 1 aromatic carbocycles. The fourth-order valence-corrected chi connectivity index (χ4v) is 3.18. The molecule has 0 fully saturated rings. The van der Waals surface area contributed by atoms with Gasteiger partial charge in [0.2, 0.25) is 5.78 Å². The standard InChI is InChI=1S/C21H25NO5/c1-12-19(14(3)23)13(2)22-20(12)21(25)15(4)27-18(24)11-10-16-8-6-7-9-17(16)26-5/h6-9,15,22H,10-11H2,1-5H3/t15-/m1/s1. The highest BCUT2D eigenvalue weighted by molar-refractivity contribution is 6.05. The minimum absolute atomic E-state index is 0.109. The highest BCUT2D eigenvalue weighted by Gasteiger charge is 2.25. The SMILES string of the molecule is COc1ccccc1CCC(=O)O[C@H](C)C(=O)c1[nH]c(C)c(C(C)=O)c1C. The Morgan fingerprint density at radius 1 is 1.15 bits per heavy atom. The van der Waals surface area contributed by atoms with Crippen LogP contribution in [-0.2, 0) is 16.0 Å². The second-order valence-electron chi connectivity index (χ2n) is 6.49. The number of benzene rings is 1. The Morgan fingerprint density at radius 2 is 1.81 bits per heavy atom.